The summed E-state index contributed by atoms with van der Waals surface area (Å²) in [5.74, 6) is 0.768. The van der Waals surface area contributed by atoms with E-state index in [2.05, 4.69) is 4.98 Å². The molecule has 0 aliphatic rings. The van der Waals surface area contributed by atoms with Crippen molar-refractivity contribution in [1.29, 1.82) is 0 Å². The molecule has 1 heterocycles. The fourth-order valence-corrected chi connectivity index (χ4v) is 2.47. The summed E-state index contributed by atoms with van der Waals surface area (Å²) in [4.78, 5) is 4.39. The van der Waals surface area contributed by atoms with E-state index in [1.165, 1.54) is 0 Å². The third-order valence-corrected chi connectivity index (χ3v) is 3.57. The van der Waals surface area contributed by atoms with Gasteiger partial charge in [0.1, 0.15) is 5.82 Å². The first-order valence-electron chi connectivity index (χ1n) is 6.36. The van der Waals surface area contributed by atoms with Gasteiger partial charge in [-0.2, -0.15) is 0 Å². The average molecular weight is 284 g/mol. The van der Waals surface area contributed by atoms with E-state index in [9.17, 15) is 0 Å². The largest absolute Gasteiger partial charge is 0.318 e. The number of hydrogen-bond donors (Lipinski definition) is 1. The smallest absolute Gasteiger partial charge is 0.134 e. The first-order valence-corrected chi connectivity index (χ1v) is 6.74. The summed E-state index contributed by atoms with van der Waals surface area (Å²) < 4.78 is 1.98. The summed E-state index contributed by atoms with van der Waals surface area (Å²) in [6.45, 7) is 0. The van der Waals surface area contributed by atoms with Crippen molar-refractivity contribution in [3.05, 3.63) is 83.4 Å². The van der Waals surface area contributed by atoms with E-state index >= 15 is 0 Å². The molecule has 1 atom stereocenters. The number of benzene rings is 2. The van der Waals surface area contributed by atoms with Gasteiger partial charge in [0.05, 0.1) is 6.04 Å². The van der Waals surface area contributed by atoms with Crippen molar-refractivity contribution in [3.8, 4) is 5.69 Å². The Kier molecular flexibility index (Phi) is 3.54. The van der Waals surface area contributed by atoms with Crippen molar-refractivity contribution in [2.75, 3.05) is 0 Å². The second kappa shape index (κ2) is 5.49. The molecule has 0 saturated carbocycles. The summed E-state index contributed by atoms with van der Waals surface area (Å²) in [7, 11) is 0. The Morgan fingerprint density at radius 1 is 1.00 bits per heavy atom. The summed E-state index contributed by atoms with van der Waals surface area (Å²) in [6, 6.07) is 17.2. The molecule has 20 heavy (non-hydrogen) atoms. The molecular formula is C16H14ClN3. The molecule has 2 N–H and O–H groups in total. The fraction of sp³-hybridized carbons (Fsp3) is 0.0625. The Bertz CT molecular complexity index is 707. The Morgan fingerprint density at radius 2 is 1.70 bits per heavy atom. The predicted octanol–water partition coefficient (Wildman–Crippen LogP) is 3.57. The molecule has 2 aromatic carbocycles. The van der Waals surface area contributed by atoms with Gasteiger partial charge in [-0.3, -0.25) is 0 Å². The van der Waals surface area contributed by atoms with Crippen molar-refractivity contribution in [3.63, 3.8) is 0 Å². The fourth-order valence-electron chi connectivity index (χ4n) is 2.22. The highest BCUT2D eigenvalue weighted by Gasteiger charge is 2.17. The minimum Gasteiger partial charge on any atom is -0.318 e. The van der Waals surface area contributed by atoms with Crippen LogP contribution in [0.5, 0.6) is 0 Å². The van der Waals surface area contributed by atoms with Crippen molar-refractivity contribution >= 4 is 11.6 Å². The molecule has 4 heteroatoms. The Morgan fingerprint density at radius 3 is 2.45 bits per heavy atom. The number of nitrogens with two attached hydrogens (primary N) is 1. The zero-order valence-corrected chi connectivity index (χ0v) is 11.5. The molecule has 0 radical (unpaired) electrons. The van der Waals surface area contributed by atoms with Crippen LogP contribution in [-0.4, -0.2) is 9.55 Å². The molecule has 3 nitrogen and oxygen atoms in total. The SMILES string of the molecule is NC(c1ccccc1Cl)c1nccn1-c1ccccc1. The van der Waals surface area contributed by atoms with Crippen LogP contribution < -0.4 is 5.73 Å². The highest BCUT2D eigenvalue weighted by atomic mass is 35.5. The first kappa shape index (κ1) is 12.9. The standard InChI is InChI=1S/C16H14ClN3/c17-14-9-5-4-8-13(14)15(18)16-19-10-11-20(16)12-6-2-1-3-7-12/h1-11,15H,18H2. The third-order valence-electron chi connectivity index (χ3n) is 3.22. The van der Waals surface area contributed by atoms with Gasteiger partial charge in [-0.25, -0.2) is 4.98 Å². The maximum Gasteiger partial charge on any atom is 0.134 e. The first-order chi connectivity index (χ1) is 9.77. The molecule has 3 aromatic rings. The number of nitrogens with zero attached hydrogens (tertiary/aromatic N) is 2. The van der Waals surface area contributed by atoms with E-state index in [0.717, 1.165) is 17.1 Å². The number of rotatable bonds is 3. The van der Waals surface area contributed by atoms with Crippen LogP contribution in [0.15, 0.2) is 67.0 Å². The Labute approximate surface area is 122 Å². The lowest BCUT2D eigenvalue weighted by Gasteiger charge is -2.15. The highest BCUT2D eigenvalue weighted by Crippen LogP contribution is 2.26. The van der Waals surface area contributed by atoms with Crippen LogP contribution in [0.2, 0.25) is 5.02 Å². The average Bonchev–Trinajstić information content (AvgIpc) is 2.97. The molecular weight excluding hydrogens is 270 g/mol. The molecule has 0 bridgehead atoms. The lowest BCUT2D eigenvalue weighted by Crippen LogP contribution is -2.17. The van der Waals surface area contributed by atoms with E-state index in [0.29, 0.717) is 5.02 Å². The van der Waals surface area contributed by atoms with Crippen molar-refractivity contribution in [2.45, 2.75) is 6.04 Å². The van der Waals surface area contributed by atoms with Crippen LogP contribution in [0.4, 0.5) is 0 Å². The van der Waals surface area contributed by atoms with Crippen LogP contribution in [0, 0.1) is 0 Å². The number of halogens is 1. The van der Waals surface area contributed by atoms with Crippen LogP contribution in [0.1, 0.15) is 17.4 Å². The minimum absolute atomic E-state index is 0.362. The lowest BCUT2D eigenvalue weighted by molar-refractivity contribution is 0.759. The second-order valence-corrected chi connectivity index (χ2v) is 4.90. The van der Waals surface area contributed by atoms with E-state index in [-0.39, 0.29) is 6.04 Å². The number of para-hydroxylation sites is 1. The van der Waals surface area contributed by atoms with Gasteiger partial charge in [-0.05, 0) is 23.8 Å². The van der Waals surface area contributed by atoms with Gasteiger partial charge in [0.15, 0.2) is 0 Å². The highest BCUT2D eigenvalue weighted by molar-refractivity contribution is 6.31. The van der Waals surface area contributed by atoms with Crippen LogP contribution in [-0.2, 0) is 0 Å². The monoisotopic (exact) mass is 283 g/mol. The number of imidazole rings is 1. The maximum atomic E-state index is 6.33. The molecule has 0 aliphatic carbocycles. The second-order valence-electron chi connectivity index (χ2n) is 4.49. The van der Waals surface area contributed by atoms with Gasteiger partial charge < -0.3 is 10.3 Å². The number of hydrogen-bond acceptors (Lipinski definition) is 2. The third kappa shape index (κ3) is 2.33. The van der Waals surface area contributed by atoms with Gasteiger partial charge in [0, 0.05) is 23.1 Å². The summed E-state index contributed by atoms with van der Waals surface area (Å²) in [6.07, 6.45) is 3.65. The van der Waals surface area contributed by atoms with Crippen molar-refractivity contribution < 1.29 is 0 Å². The zero-order valence-electron chi connectivity index (χ0n) is 10.8. The van der Waals surface area contributed by atoms with Crippen LogP contribution in [0.3, 0.4) is 0 Å². The molecule has 0 fully saturated rings. The molecule has 0 saturated heterocycles. The Balaban J connectivity index is 2.04. The Hall–Kier alpha value is -2.10. The lowest BCUT2D eigenvalue weighted by atomic mass is 10.1. The summed E-state index contributed by atoms with van der Waals surface area (Å²) >= 11 is 6.22. The normalized spacial score (nSPS) is 12.3. The van der Waals surface area contributed by atoms with Gasteiger partial charge in [-0.15, -0.1) is 0 Å². The van der Waals surface area contributed by atoms with E-state index in [1.807, 2.05) is 65.4 Å². The van der Waals surface area contributed by atoms with Crippen molar-refractivity contribution in [2.24, 2.45) is 5.73 Å². The van der Waals surface area contributed by atoms with E-state index in [4.69, 9.17) is 17.3 Å². The summed E-state index contributed by atoms with van der Waals surface area (Å²) in [5, 5.41) is 0.655. The molecule has 0 aliphatic heterocycles. The molecule has 1 aromatic heterocycles. The number of aromatic nitrogens is 2. The topological polar surface area (TPSA) is 43.8 Å². The van der Waals surface area contributed by atoms with E-state index < -0.39 is 0 Å². The minimum atomic E-state index is -0.362. The quantitative estimate of drug-likeness (QED) is 0.798. The van der Waals surface area contributed by atoms with Gasteiger partial charge in [0.25, 0.3) is 0 Å². The van der Waals surface area contributed by atoms with Gasteiger partial charge in [0.2, 0.25) is 0 Å². The van der Waals surface area contributed by atoms with Crippen LogP contribution >= 0.6 is 11.6 Å². The van der Waals surface area contributed by atoms with Crippen molar-refractivity contribution in [1.82, 2.24) is 9.55 Å². The molecule has 100 valence electrons. The molecule has 1 unspecified atom stereocenters. The molecule has 0 amide bonds. The molecule has 3 rings (SSSR count). The zero-order chi connectivity index (χ0) is 13.9. The maximum absolute atomic E-state index is 6.33. The van der Waals surface area contributed by atoms with Crippen LogP contribution in [0.25, 0.3) is 5.69 Å². The van der Waals surface area contributed by atoms with E-state index in [1.54, 1.807) is 6.20 Å². The van der Waals surface area contributed by atoms with Gasteiger partial charge >= 0.3 is 0 Å². The predicted molar refractivity (Wildman–Crippen MR) is 81.0 cm³/mol. The molecule has 0 spiro atoms. The van der Waals surface area contributed by atoms with Gasteiger partial charge in [-0.1, -0.05) is 48.0 Å². The summed E-state index contributed by atoms with van der Waals surface area (Å²) in [5.41, 5.74) is 8.23.